The minimum absolute atomic E-state index is 0.0843. The van der Waals surface area contributed by atoms with E-state index in [1.165, 1.54) is 0 Å². The number of nitrogens with two attached hydrogens (primary N) is 1. The summed E-state index contributed by atoms with van der Waals surface area (Å²) in [7, 11) is 0. The Kier molecular flexibility index (Phi) is 3.93. The number of hydrogen-bond acceptors (Lipinski definition) is 3. The van der Waals surface area contributed by atoms with Crippen molar-refractivity contribution in [3.8, 4) is 0 Å². The third-order valence-corrected chi connectivity index (χ3v) is 3.48. The van der Waals surface area contributed by atoms with Crippen LogP contribution in [0.4, 0.5) is 0 Å². The van der Waals surface area contributed by atoms with Crippen LogP contribution < -0.4 is 5.73 Å². The summed E-state index contributed by atoms with van der Waals surface area (Å²) in [4.78, 5) is 1.12. The van der Waals surface area contributed by atoms with Crippen molar-refractivity contribution in [3.63, 3.8) is 0 Å². The maximum atomic E-state index is 5.98. The fourth-order valence-electron chi connectivity index (χ4n) is 1.33. The van der Waals surface area contributed by atoms with Crippen LogP contribution in [-0.4, -0.2) is 5.75 Å². The van der Waals surface area contributed by atoms with Gasteiger partial charge in [0, 0.05) is 15.7 Å². The molecule has 1 atom stereocenters. The molecule has 4 heteroatoms. The van der Waals surface area contributed by atoms with E-state index >= 15 is 0 Å². The molecule has 1 aromatic heterocycles. The molecule has 0 aliphatic carbocycles. The molecule has 2 rings (SSSR count). The van der Waals surface area contributed by atoms with Gasteiger partial charge in [0.1, 0.15) is 5.76 Å². The van der Waals surface area contributed by atoms with Crippen LogP contribution in [0, 0.1) is 0 Å². The zero-order valence-electron chi connectivity index (χ0n) is 8.60. The summed E-state index contributed by atoms with van der Waals surface area (Å²) in [6, 6.07) is 11.4. The Morgan fingerprint density at radius 2 is 2.19 bits per heavy atom. The number of benzene rings is 1. The van der Waals surface area contributed by atoms with Gasteiger partial charge in [0.25, 0.3) is 0 Å². The molecule has 16 heavy (non-hydrogen) atoms. The number of thioether (sulfide) groups is 1. The number of halogens is 1. The Labute approximate surface area is 104 Å². The molecule has 0 saturated carbocycles. The summed E-state index contributed by atoms with van der Waals surface area (Å²) in [5.41, 5.74) is 5.98. The van der Waals surface area contributed by atoms with Crippen molar-refractivity contribution in [1.29, 1.82) is 0 Å². The standard InChI is InChI=1S/C12H12ClNOS/c13-9-3-1-4-10(7-9)16-8-11(14)12-5-2-6-15-12/h1-7,11H,8,14H2. The minimum atomic E-state index is -0.0843. The molecule has 0 amide bonds. The lowest BCUT2D eigenvalue weighted by molar-refractivity contribution is 0.482. The molecule has 2 nitrogen and oxygen atoms in total. The van der Waals surface area contributed by atoms with Gasteiger partial charge in [0.2, 0.25) is 0 Å². The fourth-order valence-corrected chi connectivity index (χ4v) is 2.50. The zero-order valence-corrected chi connectivity index (χ0v) is 10.2. The van der Waals surface area contributed by atoms with E-state index in [1.807, 2.05) is 36.4 Å². The minimum Gasteiger partial charge on any atom is -0.468 e. The van der Waals surface area contributed by atoms with Crippen LogP contribution in [0.1, 0.15) is 11.8 Å². The summed E-state index contributed by atoms with van der Waals surface area (Å²) in [6.45, 7) is 0. The van der Waals surface area contributed by atoms with Gasteiger partial charge in [-0.2, -0.15) is 0 Å². The molecule has 1 heterocycles. The second-order valence-corrected chi connectivity index (χ2v) is 4.92. The zero-order chi connectivity index (χ0) is 11.4. The fraction of sp³-hybridized carbons (Fsp3) is 0.167. The van der Waals surface area contributed by atoms with E-state index < -0.39 is 0 Å². The van der Waals surface area contributed by atoms with Gasteiger partial charge in [-0.1, -0.05) is 17.7 Å². The van der Waals surface area contributed by atoms with Crippen molar-refractivity contribution in [3.05, 3.63) is 53.4 Å². The van der Waals surface area contributed by atoms with Crippen molar-refractivity contribution < 1.29 is 4.42 Å². The van der Waals surface area contributed by atoms with Crippen LogP contribution in [0.5, 0.6) is 0 Å². The largest absolute Gasteiger partial charge is 0.468 e. The average molecular weight is 254 g/mol. The van der Waals surface area contributed by atoms with Crippen LogP contribution in [0.3, 0.4) is 0 Å². The smallest absolute Gasteiger partial charge is 0.121 e. The predicted octanol–water partition coefficient (Wildman–Crippen LogP) is 3.73. The normalized spacial score (nSPS) is 12.6. The third kappa shape index (κ3) is 3.04. The lowest BCUT2D eigenvalue weighted by Gasteiger charge is -2.08. The van der Waals surface area contributed by atoms with Crippen molar-refractivity contribution in [2.45, 2.75) is 10.9 Å². The Morgan fingerprint density at radius 3 is 2.88 bits per heavy atom. The van der Waals surface area contributed by atoms with Crippen molar-refractivity contribution in [2.24, 2.45) is 5.73 Å². The van der Waals surface area contributed by atoms with Crippen molar-refractivity contribution in [2.75, 3.05) is 5.75 Å². The first kappa shape index (κ1) is 11.6. The van der Waals surface area contributed by atoms with Gasteiger partial charge in [-0.05, 0) is 30.3 Å². The summed E-state index contributed by atoms with van der Waals surface area (Å²) in [5.74, 6) is 1.59. The summed E-state index contributed by atoms with van der Waals surface area (Å²) >= 11 is 7.57. The van der Waals surface area contributed by atoms with E-state index in [4.69, 9.17) is 21.8 Å². The highest BCUT2D eigenvalue weighted by Crippen LogP contribution is 2.25. The predicted molar refractivity (Wildman–Crippen MR) is 67.8 cm³/mol. The molecule has 0 radical (unpaired) electrons. The van der Waals surface area contributed by atoms with Gasteiger partial charge in [-0.3, -0.25) is 0 Å². The second-order valence-electron chi connectivity index (χ2n) is 3.39. The molecule has 0 aliphatic rings. The van der Waals surface area contributed by atoms with E-state index in [2.05, 4.69) is 0 Å². The van der Waals surface area contributed by atoms with Gasteiger partial charge < -0.3 is 10.2 Å². The highest BCUT2D eigenvalue weighted by Gasteiger charge is 2.09. The monoisotopic (exact) mass is 253 g/mol. The van der Waals surface area contributed by atoms with E-state index in [9.17, 15) is 0 Å². The number of hydrogen-bond donors (Lipinski definition) is 1. The first-order valence-electron chi connectivity index (χ1n) is 4.93. The number of rotatable bonds is 4. The van der Waals surface area contributed by atoms with Crippen molar-refractivity contribution >= 4 is 23.4 Å². The molecule has 0 saturated heterocycles. The topological polar surface area (TPSA) is 39.2 Å². The van der Waals surface area contributed by atoms with E-state index in [0.717, 1.165) is 21.4 Å². The molecule has 1 aromatic carbocycles. The highest BCUT2D eigenvalue weighted by molar-refractivity contribution is 7.99. The van der Waals surface area contributed by atoms with Gasteiger partial charge in [0.15, 0.2) is 0 Å². The van der Waals surface area contributed by atoms with Gasteiger partial charge >= 0.3 is 0 Å². The van der Waals surface area contributed by atoms with Gasteiger partial charge in [-0.25, -0.2) is 0 Å². The molecule has 0 fully saturated rings. The van der Waals surface area contributed by atoms with E-state index in [1.54, 1.807) is 18.0 Å². The summed E-state index contributed by atoms with van der Waals surface area (Å²) in [5, 5.41) is 0.747. The molecule has 0 aliphatic heterocycles. The van der Waals surface area contributed by atoms with Crippen LogP contribution in [0.25, 0.3) is 0 Å². The lowest BCUT2D eigenvalue weighted by atomic mass is 10.3. The molecule has 1 unspecified atom stereocenters. The Balaban J connectivity index is 1.92. The maximum Gasteiger partial charge on any atom is 0.121 e. The van der Waals surface area contributed by atoms with Gasteiger partial charge in [-0.15, -0.1) is 11.8 Å². The Morgan fingerprint density at radius 1 is 1.31 bits per heavy atom. The first-order chi connectivity index (χ1) is 7.75. The molecule has 0 spiro atoms. The molecular formula is C12H12ClNOS. The average Bonchev–Trinajstić information content (AvgIpc) is 2.79. The maximum absolute atomic E-state index is 5.98. The van der Waals surface area contributed by atoms with Crippen LogP contribution >= 0.6 is 23.4 Å². The Bertz CT molecular complexity index is 444. The lowest BCUT2D eigenvalue weighted by Crippen LogP contribution is -2.11. The second kappa shape index (κ2) is 5.43. The molecular weight excluding hydrogens is 242 g/mol. The van der Waals surface area contributed by atoms with Crippen LogP contribution in [-0.2, 0) is 0 Å². The van der Waals surface area contributed by atoms with E-state index in [-0.39, 0.29) is 6.04 Å². The van der Waals surface area contributed by atoms with Gasteiger partial charge in [0.05, 0.1) is 12.3 Å². The summed E-state index contributed by atoms with van der Waals surface area (Å²) < 4.78 is 5.24. The quantitative estimate of drug-likeness (QED) is 0.844. The third-order valence-electron chi connectivity index (χ3n) is 2.13. The first-order valence-corrected chi connectivity index (χ1v) is 6.29. The molecule has 84 valence electrons. The van der Waals surface area contributed by atoms with E-state index in [0.29, 0.717) is 0 Å². The SMILES string of the molecule is NC(CSc1cccc(Cl)c1)c1ccco1. The highest BCUT2D eigenvalue weighted by atomic mass is 35.5. The van der Waals surface area contributed by atoms with Crippen LogP contribution in [0.2, 0.25) is 5.02 Å². The molecule has 2 aromatic rings. The molecule has 2 N–H and O–H groups in total. The number of furan rings is 1. The molecule has 0 bridgehead atoms. The Hall–Kier alpha value is -0.900. The van der Waals surface area contributed by atoms with Crippen molar-refractivity contribution in [1.82, 2.24) is 0 Å². The van der Waals surface area contributed by atoms with Crippen LogP contribution in [0.15, 0.2) is 52.0 Å². The summed E-state index contributed by atoms with van der Waals surface area (Å²) in [6.07, 6.45) is 1.64.